The Labute approximate surface area is 205 Å². The number of aliphatic hydroxyl groups is 1. The summed E-state index contributed by atoms with van der Waals surface area (Å²) < 4.78 is 44.5. The molecule has 3 aromatic rings. The second-order valence-corrected chi connectivity index (χ2v) is 7.61. The zero-order chi connectivity index (χ0) is 25.4. The van der Waals surface area contributed by atoms with Gasteiger partial charge in [0.25, 0.3) is 0 Å². The van der Waals surface area contributed by atoms with E-state index in [1.54, 1.807) is 30.3 Å². The fourth-order valence-electron chi connectivity index (χ4n) is 3.23. The van der Waals surface area contributed by atoms with Crippen molar-refractivity contribution in [3.8, 4) is 5.75 Å². The summed E-state index contributed by atoms with van der Waals surface area (Å²) in [6, 6.07) is 13.4. The first-order valence-electron chi connectivity index (χ1n) is 10.6. The highest BCUT2D eigenvalue weighted by Crippen LogP contribution is 2.32. The van der Waals surface area contributed by atoms with Gasteiger partial charge in [0.05, 0.1) is 24.5 Å². The molecule has 0 atom stereocenters. The molecule has 9 heteroatoms. The Morgan fingerprint density at radius 2 is 1.71 bits per heavy atom. The molecule has 0 fully saturated rings. The van der Waals surface area contributed by atoms with Crippen LogP contribution in [0.4, 0.5) is 18.9 Å². The lowest BCUT2D eigenvalue weighted by Crippen LogP contribution is -2.11. The number of carbonyl (C=O) groups is 1. The molecular formula is C26H22ClF3N2O3. The minimum Gasteiger partial charge on any atom is -0.494 e. The monoisotopic (exact) mass is 502 g/mol. The number of anilines is 1. The Bertz CT molecular complexity index is 1220. The molecule has 0 spiro atoms. The van der Waals surface area contributed by atoms with Gasteiger partial charge < -0.3 is 15.2 Å². The fourth-order valence-corrected chi connectivity index (χ4v) is 3.45. The first kappa shape index (κ1) is 26.0. The SMILES string of the molecule is CCOc1ccc(/C(=C/C=C/C(=O)Nc2c(CO)ccnc2Cl)c2ccc(C(F)(F)F)cc2)cc1. The maximum absolute atomic E-state index is 13.0. The molecule has 35 heavy (non-hydrogen) atoms. The van der Waals surface area contributed by atoms with E-state index in [0.717, 1.165) is 17.7 Å². The van der Waals surface area contributed by atoms with E-state index in [1.807, 2.05) is 6.92 Å². The highest BCUT2D eigenvalue weighted by molar-refractivity contribution is 6.32. The van der Waals surface area contributed by atoms with Crippen molar-refractivity contribution in [2.75, 3.05) is 11.9 Å². The highest BCUT2D eigenvalue weighted by atomic mass is 35.5. The van der Waals surface area contributed by atoms with Crippen molar-refractivity contribution < 1.29 is 27.8 Å². The van der Waals surface area contributed by atoms with E-state index < -0.39 is 17.6 Å². The number of amides is 1. The summed E-state index contributed by atoms with van der Waals surface area (Å²) in [6.07, 6.45) is 1.30. The van der Waals surface area contributed by atoms with Crippen LogP contribution in [0.15, 0.2) is 79.0 Å². The molecule has 1 aromatic heterocycles. The average Bonchev–Trinajstić information content (AvgIpc) is 2.83. The molecule has 0 saturated carbocycles. The number of aliphatic hydroxyl groups excluding tert-OH is 1. The summed E-state index contributed by atoms with van der Waals surface area (Å²) in [5.41, 5.74) is 1.70. The van der Waals surface area contributed by atoms with Crippen LogP contribution in [0.2, 0.25) is 5.15 Å². The third kappa shape index (κ3) is 6.94. The molecule has 0 radical (unpaired) electrons. The van der Waals surface area contributed by atoms with Gasteiger partial charge in [-0.25, -0.2) is 4.98 Å². The summed E-state index contributed by atoms with van der Waals surface area (Å²) in [5, 5.41) is 12.0. The van der Waals surface area contributed by atoms with Gasteiger partial charge >= 0.3 is 6.18 Å². The number of ether oxygens (including phenoxy) is 1. The number of pyridine rings is 1. The van der Waals surface area contributed by atoms with Crippen LogP contribution >= 0.6 is 11.6 Å². The van der Waals surface area contributed by atoms with Crippen LogP contribution in [-0.2, 0) is 17.6 Å². The number of allylic oxidation sites excluding steroid dienone is 2. The fraction of sp³-hybridized carbons (Fsp3) is 0.154. The molecular weight excluding hydrogens is 481 g/mol. The number of aromatic nitrogens is 1. The van der Waals surface area contributed by atoms with E-state index in [4.69, 9.17) is 16.3 Å². The van der Waals surface area contributed by atoms with Crippen LogP contribution in [-0.4, -0.2) is 22.6 Å². The molecule has 0 bridgehead atoms. The van der Waals surface area contributed by atoms with Gasteiger partial charge in [0.15, 0.2) is 5.15 Å². The Hall–Kier alpha value is -3.62. The second-order valence-electron chi connectivity index (χ2n) is 7.26. The molecule has 0 aliphatic carbocycles. The molecule has 2 aromatic carbocycles. The van der Waals surface area contributed by atoms with Gasteiger partial charge in [0.1, 0.15) is 5.75 Å². The normalized spacial score (nSPS) is 12.1. The van der Waals surface area contributed by atoms with E-state index in [0.29, 0.717) is 29.1 Å². The van der Waals surface area contributed by atoms with Crippen molar-refractivity contribution in [1.82, 2.24) is 4.98 Å². The summed E-state index contributed by atoms with van der Waals surface area (Å²) >= 11 is 6.01. The number of benzene rings is 2. The van der Waals surface area contributed by atoms with Crippen molar-refractivity contribution in [1.29, 1.82) is 0 Å². The third-order valence-electron chi connectivity index (χ3n) is 4.92. The molecule has 5 nitrogen and oxygen atoms in total. The largest absolute Gasteiger partial charge is 0.494 e. The minimum absolute atomic E-state index is 0.0358. The van der Waals surface area contributed by atoms with Gasteiger partial charge in [-0.1, -0.05) is 48.0 Å². The van der Waals surface area contributed by atoms with Crippen LogP contribution in [0.1, 0.15) is 29.2 Å². The van der Waals surface area contributed by atoms with Crippen molar-refractivity contribution in [3.63, 3.8) is 0 Å². The van der Waals surface area contributed by atoms with Crippen LogP contribution in [0, 0.1) is 0 Å². The quantitative estimate of drug-likeness (QED) is 0.216. The lowest BCUT2D eigenvalue weighted by molar-refractivity contribution is -0.137. The number of halogens is 4. The van der Waals surface area contributed by atoms with Gasteiger partial charge in [-0.2, -0.15) is 13.2 Å². The summed E-state index contributed by atoms with van der Waals surface area (Å²) in [7, 11) is 0. The topological polar surface area (TPSA) is 71.5 Å². The first-order chi connectivity index (χ1) is 16.7. The van der Waals surface area contributed by atoms with Crippen LogP contribution in [0.5, 0.6) is 5.75 Å². The molecule has 182 valence electrons. The number of rotatable bonds is 8. The average molecular weight is 503 g/mol. The lowest BCUT2D eigenvalue weighted by atomic mass is 9.96. The number of hydrogen-bond acceptors (Lipinski definition) is 4. The molecule has 0 unspecified atom stereocenters. The van der Waals surface area contributed by atoms with E-state index in [-0.39, 0.29) is 17.4 Å². The lowest BCUT2D eigenvalue weighted by Gasteiger charge is -2.12. The molecule has 0 aliphatic rings. The smallest absolute Gasteiger partial charge is 0.416 e. The van der Waals surface area contributed by atoms with Gasteiger partial charge in [0, 0.05) is 17.8 Å². The second kappa shape index (κ2) is 11.7. The standard InChI is InChI=1S/C26H22ClF3N2O3/c1-2-35-21-12-8-18(9-13-21)22(17-6-10-20(11-7-17)26(28,29)30)4-3-5-23(34)32-24-19(16-33)14-15-31-25(24)27/h3-15,33H,2,16H2,1H3,(H,32,34)/b5-3+,22-4+. The van der Waals surface area contributed by atoms with Crippen molar-refractivity contribution in [3.05, 3.63) is 106 Å². The molecule has 0 saturated heterocycles. The highest BCUT2D eigenvalue weighted by Gasteiger charge is 2.30. The van der Waals surface area contributed by atoms with E-state index in [2.05, 4.69) is 10.3 Å². The maximum Gasteiger partial charge on any atom is 0.416 e. The van der Waals surface area contributed by atoms with Crippen LogP contribution in [0.25, 0.3) is 5.57 Å². The number of alkyl halides is 3. The van der Waals surface area contributed by atoms with E-state index >= 15 is 0 Å². The van der Waals surface area contributed by atoms with Gasteiger partial charge in [0.2, 0.25) is 5.91 Å². The maximum atomic E-state index is 13.0. The molecule has 2 N–H and O–H groups in total. The number of nitrogens with one attached hydrogen (secondary N) is 1. The van der Waals surface area contributed by atoms with Gasteiger partial charge in [-0.15, -0.1) is 0 Å². The van der Waals surface area contributed by atoms with Crippen molar-refractivity contribution in [2.45, 2.75) is 19.7 Å². The predicted molar refractivity (Wildman–Crippen MR) is 129 cm³/mol. The van der Waals surface area contributed by atoms with Crippen LogP contribution in [0.3, 0.4) is 0 Å². The summed E-state index contributed by atoms with van der Waals surface area (Å²) in [5.74, 6) is 0.135. The van der Waals surface area contributed by atoms with Crippen LogP contribution < -0.4 is 10.1 Å². The molecule has 1 heterocycles. The molecule has 1 amide bonds. The zero-order valence-corrected chi connectivity index (χ0v) is 19.4. The van der Waals surface area contributed by atoms with E-state index in [9.17, 15) is 23.1 Å². The molecule has 0 aliphatic heterocycles. The Balaban J connectivity index is 1.90. The van der Waals surface area contributed by atoms with Gasteiger partial charge in [-0.3, -0.25) is 4.79 Å². The predicted octanol–water partition coefficient (Wildman–Crippen LogP) is 6.27. The Morgan fingerprint density at radius 1 is 1.09 bits per heavy atom. The van der Waals surface area contributed by atoms with Crippen molar-refractivity contribution >= 4 is 28.8 Å². The third-order valence-corrected chi connectivity index (χ3v) is 5.21. The Kier molecular flexibility index (Phi) is 8.68. The molecule has 3 rings (SSSR count). The minimum atomic E-state index is -4.44. The summed E-state index contributed by atoms with van der Waals surface area (Å²) in [4.78, 5) is 16.3. The van der Waals surface area contributed by atoms with E-state index in [1.165, 1.54) is 36.5 Å². The zero-order valence-electron chi connectivity index (χ0n) is 18.6. The first-order valence-corrected chi connectivity index (χ1v) is 10.9. The number of nitrogens with zero attached hydrogens (tertiary/aromatic N) is 1. The van der Waals surface area contributed by atoms with Crippen molar-refractivity contribution in [2.24, 2.45) is 0 Å². The summed E-state index contributed by atoms with van der Waals surface area (Å²) in [6.45, 7) is 2.02. The Morgan fingerprint density at radius 3 is 2.29 bits per heavy atom. The van der Waals surface area contributed by atoms with Gasteiger partial charge in [-0.05, 0) is 54.0 Å². The number of hydrogen-bond donors (Lipinski definition) is 2. The number of carbonyl (C=O) groups excluding carboxylic acids is 1.